The highest BCUT2D eigenvalue weighted by Gasteiger charge is 2.26. The van der Waals surface area contributed by atoms with E-state index in [1.807, 2.05) is 52.7 Å². The molecule has 7 heteroatoms. The zero-order chi connectivity index (χ0) is 22.1. The van der Waals surface area contributed by atoms with Gasteiger partial charge in [0.05, 0.1) is 22.4 Å². The van der Waals surface area contributed by atoms with E-state index in [1.54, 1.807) is 35.1 Å². The summed E-state index contributed by atoms with van der Waals surface area (Å²) in [5, 5.41) is 3.04. The van der Waals surface area contributed by atoms with Crippen molar-refractivity contribution in [3.8, 4) is 11.1 Å². The van der Waals surface area contributed by atoms with Crippen molar-refractivity contribution in [2.24, 2.45) is 0 Å². The van der Waals surface area contributed by atoms with Gasteiger partial charge in [-0.05, 0) is 34.5 Å². The first kappa shape index (κ1) is 20.9. The number of amides is 1. The van der Waals surface area contributed by atoms with Crippen LogP contribution in [0, 0.1) is 0 Å². The first-order chi connectivity index (χ1) is 15.7. The molecule has 4 heterocycles. The average molecular weight is 448 g/mol. The molecule has 1 aliphatic heterocycles. The van der Waals surface area contributed by atoms with Crippen molar-refractivity contribution in [2.75, 3.05) is 46.4 Å². The highest BCUT2D eigenvalue weighted by atomic mass is 32.1. The minimum absolute atomic E-state index is 0.0213. The average Bonchev–Trinajstić information content (AvgIpc) is 3.33. The molecule has 0 radical (unpaired) electrons. The van der Waals surface area contributed by atoms with Crippen LogP contribution in [0.5, 0.6) is 0 Å². The number of hydrogen-bond donors (Lipinski definition) is 0. The number of nitrogens with zero attached hydrogens (tertiary/aromatic N) is 3. The van der Waals surface area contributed by atoms with Gasteiger partial charge in [-0.1, -0.05) is 30.3 Å². The molecule has 4 aromatic rings. The van der Waals surface area contributed by atoms with E-state index in [9.17, 15) is 9.59 Å². The summed E-state index contributed by atoms with van der Waals surface area (Å²) in [6.07, 6.45) is 1.79. The van der Waals surface area contributed by atoms with Crippen LogP contribution < -0.4 is 5.56 Å². The maximum absolute atomic E-state index is 13.8. The maximum atomic E-state index is 13.8. The molecule has 3 aromatic heterocycles. The Hall–Kier alpha value is -3.00. The minimum atomic E-state index is -0.109. The Labute approximate surface area is 190 Å². The number of fused-ring (bicyclic) bond motifs is 3. The molecular weight excluding hydrogens is 422 g/mol. The summed E-state index contributed by atoms with van der Waals surface area (Å²) in [7, 11) is 1.71. The Bertz CT molecular complexity index is 1320. The Morgan fingerprint density at radius 1 is 1.06 bits per heavy atom. The monoisotopic (exact) mass is 447 g/mol. The molecule has 0 atom stereocenters. The van der Waals surface area contributed by atoms with Gasteiger partial charge in [-0.15, -0.1) is 11.3 Å². The Morgan fingerprint density at radius 3 is 2.59 bits per heavy atom. The molecule has 0 aliphatic carbocycles. The number of piperazine rings is 1. The summed E-state index contributed by atoms with van der Waals surface area (Å²) in [6.45, 7) is 4.52. The minimum Gasteiger partial charge on any atom is -0.383 e. The number of ether oxygens (including phenoxy) is 1. The molecule has 0 bridgehead atoms. The molecule has 32 heavy (non-hydrogen) atoms. The van der Waals surface area contributed by atoms with E-state index < -0.39 is 0 Å². The van der Waals surface area contributed by atoms with E-state index >= 15 is 0 Å². The Kier molecular flexibility index (Phi) is 5.78. The van der Waals surface area contributed by atoms with Gasteiger partial charge < -0.3 is 9.64 Å². The molecule has 0 spiro atoms. The first-order valence-electron chi connectivity index (χ1n) is 10.8. The van der Waals surface area contributed by atoms with E-state index in [1.165, 1.54) is 0 Å². The van der Waals surface area contributed by atoms with E-state index in [-0.39, 0.29) is 11.5 Å². The molecule has 1 aromatic carbocycles. The fraction of sp³-hybridized carbons (Fsp3) is 0.280. The predicted octanol–water partition coefficient (Wildman–Crippen LogP) is 3.59. The number of thiophene rings is 1. The highest BCUT2D eigenvalue weighted by molar-refractivity contribution is 7.18. The van der Waals surface area contributed by atoms with Gasteiger partial charge in [0.1, 0.15) is 0 Å². The van der Waals surface area contributed by atoms with Crippen LogP contribution in [0.3, 0.4) is 0 Å². The third kappa shape index (κ3) is 3.72. The van der Waals surface area contributed by atoms with Gasteiger partial charge in [0.2, 0.25) is 0 Å². The van der Waals surface area contributed by atoms with Gasteiger partial charge in [0.25, 0.3) is 11.5 Å². The van der Waals surface area contributed by atoms with E-state index in [4.69, 9.17) is 4.74 Å². The van der Waals surface area contributed by atoms with Crippen LogP contribution in [-0.4, -0.2) is 66.5 Å². The fourth-order valence-corrected chi connectivity index (χ4v) is 5.30. The van der Waals surface area contributed by atoms with E-state index in [0.29, 0.717) is 36.3 Å². The van der Waals surface area contributed by atoms with Crippen LogP contribution in [0.2, 0.25) is 0 Å². The lowest BCUT2D eigenvalue weighted by atomic mass is 10.0. The molecule has 1 aliphatic rings. The Balaban J connectivity index is 1.61. The Morgan fingerprint density at radius 2 is 1.84 bits per heavy atom. The molecule has 0 N–H and O–H groups in total. The van der Waals surface area contributed by atoms with Gasteiger partial charge in [-0.2, -0.15) is 0 Å². The molecule has 0 unspecified atom stereocenters. The van der Waals surface area contributed by atoms with Crippen molar-refractivity contribution in [1.29, 1.82) is 0 Å². The summed E-state index contributed by atoms with van der Waals surface area (Å²) < 4.78 is 7.79. The number of carbonyl (C=O) groups excluding carboxylic acids is 1. The second kappa shape index (κ2) is 8.86. The van der Waals surface area contributed by atoms with Crippen molar-refractivity contribution in [1.82, 2.24) is 14.2 Å². The molecular formula is C25H25N3O3S. The first-order valence-corrected chi connectivity index (χ1v) is 11.7. The van der Waals surface area contributed by atoms with Crippen LogP contribution in [0.25, 0.3) is 26.7 Å². The third-order valence-corrected chi connectivity index (χ3v) is 7.07. The molecule has 164 valence electrons. The van der Waals surface area contributed by atoms with Crippen molar-refractivity contribution in [2.45, 2.75) is 0 Å². The topological polar surface area (TPSA) is 54.3 Å². The van der Waals surface area contributed by atoms with Crippen LogP contribution in [0.15, 0.2) is 64.9 Å². The molecule has 6 nitrogen and oxygen atoms in total. The number of carbonyl (C=O) groups is 1. The summed E-state index contributed by atoms with van der Waals surface area (Å²) in [5.74, 6) is -0.0213. The van der Waals surface area contributed by atoms with Crippen molar-refractivity contribution < 1.29 is 9.53 Å². The molecule has 1 saturated heterocycles. The largest absolute Gasteiger partial charge is 0.383 e. The van der Waals surface area contributed by atoms with Gasteiger partial charge in [-0.25, -0.2) is 0 Å². The normalized spacial score (nSPS) is 15.0. The maximum Gasteiger partial charge on any atom is 0.263 e. The fourth-order valence-electron chi connectivity index (χ4n) is 4.36. The molecule has 0 saturated carbocycles. The van der Waals surface area contributed by atoms with Gasteiger partial charge in [0, 0.05) is 51.6 Å². The number of aromatic nitrogens is 1. The number of methoxy groups -OCH3 is 1. The smallest absolute Gasteiger partial charge is 0.263 e. The van der Waals surface area contributed by atoms with E-state index in [2.05, 4.69) is 4.90 Å². The standard InChI is InChI=1S/C25H25N3O3S/c1-31-15-14-26-10-12-27(13-11-26)24(29)21-17-20(18-5-3-2-4-6-18)25(30)28-9-7-19-8-16-32-23(19)22(21)28/h2-9,16-17H,10-15H2,1H3. The highest BCUT2D eigenvalue weighted by Crippen LogP contribution is 2.30. The molecule has 1 fully saturated rings. The second-order valence-electron chi connectivity index (χ2n) is 8.01. The predicted molar refractivity (Wildman–Crippen MR) is 129 cm³/mol. The quantitative estimate of drug-likeness (QED) is 0.469. The summed E-state index contributed by atoms with van der Waals surface area (Å²) in [4.78, 5) is 31.4. The van der Waals surface area contributed by atoms with E-state index in [0.717, 1.165) is 35.3 Å². The number of rotatable bonds is 5. The molecule has 5 rings (SSSR count). The van der Waals surface area contributed by atoms with Crippen LogP contribution >= 0.6 is 11.3 Å². The SMILES string of the molecule is COCCN1CCN(C(=O)c2cc(-c3ccccc3)c(=O)n3ccc4ccsc4c23)CC1. The van der Waals surface area contributed by atoms with Crippen LogP contribution in [-0.2, 0) is 4.74 Å². The zero-order valence-electron chi connectivity index (χ0n) is 18.0. The lowest BCUT2D eigenvalue weighted by molar-refractivity contribution is 0.0595. The summed E-state index contributed by atoms with van der Waals surface area (Å²) in [5.41, 5.74) is 2.54. The van der Waals surface area contributed by atoms with Crippen molar-refractivity contribution >= 4 is 32.8 Å². The number of hydrogen-bond acceptors (Lipinski definition) is 5. The third-order valence-electron chi connectivity index (χ3n) is 6.13. The number of benzene rings is 1. The van der Waals surface area contributed by atoms with Crippen molar-refractivity contribution in [3.05, 3.63) is 76.0 Å². The number of pyridine rings is 2. The van der Waals surface area contributed by atoms with Crippen molar-refractivity contribution in [3.63, 3.8) is 0 Å². The summed E-state index contributed by atoms with van der Waals surface area (Å²) >= 11 is 1.56. The lowest BCUT2D eigenvalue weighted by Crippen LogP contribution is -2.49. The van der Waals surface area contributed by atoms with Crippen LogP contribution in [0.1, 0.15) is 10.4 Å². The van der Waals surface area contributed by atoms with Gasteiger partial charge in [-0.3, -0.25) is 18.9 Å². The lowest BCUT2D eigenvalue weighted by Gasteiger charge is -2.34. The van der Waals surface area contributed by atoms with Gasteiger partial charge >= 0.3 is 0 Å². The second-order valence-corrected chi connectivity index (χ2v) is 8.93. The summed E-state index contributed by atoms with van der Waals surface area (Å²) in [6, 6.07) is 15.3. The van der Waals surface area contributed by atoms with Gasteiger partial charge in [0.15, 0.2) is 0 Å². The van der Waals surface area contributed by atoms with Crippen LogP contribution in [0.4, 0.5) is 0 Å². The molecule has 1 amide bonds. The zero-order valence-corrected chi connectivity index (χ0v) is 18.8.